The molecule has 3 atom stereocenters. The third-order valence-corrected chi connectivity index (χ3v) is 4.49. The van der Waals surface area contributed by atoms with Gasteiger partial charge in [0.2, 0.25) is 11.8 Å². The Morgan fingerprint density at radius 1 is 1.33 bits per heavy atom. The molecule has 2 amide bonds. The number of benzene rings is 1. The normalized spacial score (nSPS) is 27.4. The van der Waals surface area contributed by atoms with Crippen LogP contribution in [0.25, 0.3) is 0 Å². The average Bonchev–Trinajstić information content (AvgIpc) is 3.12. The van der Waals surface area contributed by atoms with E-state index in [-0.39, 0.29) is 37.7 Å². The number of β-amino-alcohol motifs (C(OH)–C–C–N with tert-alkyl or cyclic N) is 1. The lowest BCUT2D eigenvalue weighted by Gasteiger charge is -2.27. The summed E-state index contributed by atoms with van der Waals surface area (Å²) in [5.41, 5.74) is -0.446. The Morgan fingerprint density at radius 3 is 2.71 bits per heavy atom. The van der Waals surface area contributed by atoms with Crippen molar-refractivity contribution in [3.8, 4) is 0 Å². The number of nitrogens with zero attached hydrogens (tertiary/aromatic N) is 1. The van der Waals surface area contributed by atoms with Crippen LogP contribution < -0.4 is 5.32 Å². The van der Waals surface area contributed by atoms with E-state index >= 15 is 0 Å². The van der Waals surface area contributed by atoms with Crippen LogP contribution in [0.4, 0.5) is 13.2 Å². The smallest absolute Gasteiger partial charge is 0.391 e. The van der Waals surface area contributed by atoms with Crippen molar-refractivity contribution in [3.05, 3.63) is 35.4 Å². The number of alkyl halides is 3. The molecule has 0 bridgehead atoms. The Balaban J connectivity index is 1.85. The van der Waals surface area contributed by atoms with Gasteiger partial charge in [-0.3, -0.25) is 9.59 Å². The van der Waals surface area contributed by atoms with Crippen molar-refractivity contribution in [2.24, 2.45) is 5.92 Å². The van der Waals surface area contributed by atoms with Crippen LogP contribution in [0.1, 0.15) is 30.0 Å². The number of likely N-dealkylation sites (tertiary alicyclic amines) is 1. The summed E-state index contributed by atoms with van der Waals surface area (Å²) in [6.07, 6.45) is -5.01. The highest BCUT2D eigenvalue weighted by molar-refractivity contribution is 5.89. The molecular weight excluding hydrogens is 325 g/mol. The molecule has 1 aromatic rings. The first-order valence-electron chi connectivity index (χ1n) is 7.68. The van der Waals surface area contributed by atoms with E-state index in [0.29, 0.717) is 5.56 Å². The molecule has 3 unspecified atom stereocenters. The summed E-state index contributed by atoms with van der Waals surface area (Å²) in [4.78, 5) is 25.3. The highest BCUT2D eigenvalue weighted by atomic mass is 19.4. The first kappa shape index (κ1) is 16.8. The highest BCUT2D eigenvalue weighted by Gasteiger charge is 2.41. The average molecular weight is 342 g/mol. The van der Waals surface area contributed by atoms with Crippen molar-refractivity contribution in [2.45, 2.75) is 31.2 Å². The fourth-order valence-electron chi connectivity index (χ4n) is 3.31. The van der Waals surface area contributed by atoms with E-state index in [2.05, 4.69) is 5.32 Å². The Hall–Kier alpha value is -2.09. The zero-order valence-corrected chi connectivity index (χ0v) is 12.7. The van der Waals surface area contributed by atoms with Gasteiger partial charge in [0.15, 0.2) is 0 Å². The van der Waals surface area contributed by atoms with Gasteiger partial charge in [0.1, 0.15) is 0 Å². The number of halogens is 3. The molecule has 130 valence electrons. The molecule has 2 aliphatic heterocycles. The Morgan fingerprint density at radius 2 is 2.08 bits per heavy atom. The van der Waals surface area contributed by atoms with Crippen LogP contribution in [-0.2, 0) is 15.8 Å². The van der Waals surface area contributed by atoms with Crippen molar-refractivity contribution in [2.75, 3.05) is 13.1 Å². The van der Waals surface area contributed by atoms with Gasteiger partial charge in [0, 0.05) is 19.5 Å². The fourth-order valence-corrected chi connectivity index (χ4v) is 3.31. The number of aliphatic hydroxyl groups is 1. The second-order valence-electron chi connectivity index (χ2n) is 6.22. The molecule has 0 aromatic heterocycles. The number of aliphatic hydroxyl groups excluding tert-OH is 1. The summed E-state index contributed by atoms with van der Waals surface area (Å²) in [5, 5.41) is 12.5. The lowest BCUT2D eigenvalue weighted by Crippen LogP contribution is -2.37. The maximum absolute atomic E-state index is 12.9. The molecule has 5 nitrogen and oxygen atoms in total. The Bertz CT molecular complexity index is 662. The standard InChI is InChI=1S/C16H17F3N2O3/c17-16(18,19)11-3-1-2-9(4-11)13-6-12(22)8-21(13)15(24)10-5-14(23)20-7-10/h1-4,10,12-13,22H,5-8H2,(H,20,23). The van der Waals surface area contributed by atoms with E-state index in [0.717, 1.165) is 12.1 Å². The molecule has 1 aromatic carbocycles. The van der Waals surface area contributed by atoms with Crippen LogP contribution in [0.5, 0.6) is 0 Å². The Kier molecular flexibility index (Phi) is 4.25. The molecule has 8 heteroatoms. The minimum atomic E-state index is -4.47. The van der Waals surface area contributed by atoms with Crippen molar-refractivity contribution in [1.82, 2.24) is 10.2 Å². The Labute approximate surface area is 136 Å². The van der Waals surface area contributed by atoms with E-state index in [4.69, 9.17) is 0 Å². The zero-order chi connectivity index (χ0) is 17.5. The maximum atomic E-state index is 12.9. The van der Waals surface area contributed by atoms with Gasteiger partial charge in [-0.05, 0) is 24.1 Å². The quantitative estimate of drug-likeness (QED) is 0.855. The second kappa shape index (κ2) is 6.08. The minimum absolute atomic E-state index is 0.0600. The van der Waals surface area contributed by atoms with Crippen LogP contribution in [-0.4, -0.2) is 41.0 Å². The summed E-state index contributed by atoms with van der Waals surface area (Å²) in [6.45, 7) is 0.282. The fraction of sp³-hybridized carbons (Fsp3) is 0.500. The lowest BCUT2D eigenvalue weighted by molar-refractivity contribution is -0.137. The lowest BCUT2D eigenvalue weighted by atomic mass is 9.99. The minimum Gasteiger partial charge on any atom is -0.391 e. The largest absolute Gasteiger partial charge is 0.416 e. The third kappa shape index (κ3) is 3.24. The first-order chi connectivity index (χ1) is 11.3. The van der Waals surface area contributed by atoms with Gasteiger partial charge in [-0.1, -0.05) is 12.1 Å². The van der Waals surface area contributed by atoms with Gasteiger partial charge < -0.3 is 15.3 Å². The predicted octanol–water partition coefficient (Wildman–Crippen LogP) is 1.48. The van der Waals surface area contributed by atoms with Crippen molar-refractivity contribution >= 4 is 11.8 Å². The molecule has 0 radical (unpaired) electrons. The molecule has 0 spiro atoms. The van der Waals surface area contributed by atoms with Crippen LogP contribution in [0.3, 0.4) is 0 Å². The van der Waals surface area contributed by atoms with E-state index in [9.17, 15) is 27.9 Å². The van der Waals surface area contributed by atoms with Gasteiger partial charge in [0.25, 0.3) is 0 Å². The zero-order valence-electron chi connectivity index (χ0n) is 12.7. The van der Waals surface area contributed by atoms with E-state index in [1.54, 1.807) is 0 Å². The van der Waals surface area contributed by atoms with Crippen molar-refractivity contribution < 1.29 is 27.9 Å². The number of rotatable bonds is 2. The summed E-state index contributed by atoms with van der Waals surface area (Å²) >= 11 is 0. The van der Waals surface area contributed by atoms with Gasteiger partial charge in [0.05, 0.1) is 23.6 Å². The van der Waals surface area contributed by atoms with Crippen LogP contribution in [0.15, 0.2) is 24.3 Å². The van der Waals surface area contributed by atoms with Gasteiger partial charge in [-0.2, -0.15) is 13.2 Å². The van der Waals surface area contributed by atoms with Crippen molar-refractivity contribution in [3.63, 3.8) is 0 Å². The number of nitrogens with one attached hydrogen (secondary N) is 1. The highest BCUT2D eigenvalue weighted by Crippen LogP contribution is 2.37. The van der Waals surface area contributed by atoms with Crippen LogP contribution >= 0.6 is 0 Å². The van der Waals surface area contributed by atoms with Crippen LogP contribution in [0.2, 0.25) is 0 Å². The molecule has 0 saturated carbocycles. The number of carbonyl (C=O) groups excluding carboxylic acids is 2. The van der Waals surface area contributed by atoms with E-state index in [1.165, 1.54) is 17.0 Å². The summed E-state index contributed by atoms with van der Waals surface area (Å²) < 4.78 is 38.7. The molecule has 2 aliphatic rings. The molecule has 3 rings (SSSR count). The van der Waals surface area contributed by atoms with Gasteiger partial charge in [-0.15, -0.1) is 0 Å². The number of amides is 2. The van der Waals surface area contributed by atoms with Crippen molar-refractivity contribution in [1.29, 1.82) is 0 Å². The van der Waals surface area contributed by atoms with E-state index < -0.39 is 29.8 Å². The molecule has 2 fully saturated rings. The second-order valence-corrected chi connectivity index (χ2v) is 6.22. The molecule has 24 heavy (non-hydrogen) atoms. The molecule has 2 heterocycles. The monoisotopic (exact) mass is 342 g/mol. The van der Waals surface area contributed by atoms with E-state index in [1.807, 2.05) is 0 Å². The topological polar surface area (TPSA) is 69.6 Å². The number of hydrogen-bond donors (Lipinski definition) is 2. The molecule has 0 aliphatic carbocycles. The summed E-state index contributed by atoms with van der Waals surface area (Å²) in [5.74, 6) is -1.06. The van der Waals surface area contributed by atoms with Gasteiger partial charge in [-0.25, -0.2) is 0 Å². The summed E-state index contributed by atoms with van der Waals surface area (Å²) in [6, 6.07) is 4.19. The van der Waals surface area contributed by atoms with Crippen LogP contribution in [0, 0.1) is 5.92 Å². The maximum Gasteiger partial charge on any atom is 0.416 e. The number of carbonyl (C=O) groups is 2. The molecule has 2 saturated heterocycles. The molecule has 2 N–H and O–H groups in total. The first-order valence-corrected chi connectivity index (χ1v) is 7.68. The third-order valence-electron chi connectivity index (χ3n) is 4.49. The summed E-state index contributed by atoms with van der Waals surface area (Å²) in [7, 11) is 0. The SMILES string of the molecule is O=C1CC(C(=O)N2CC(O)CC2c2cccc(C(F)(F)F)c2)CN1. The predicted molar refractivity (Wildman–Crippen MR) is 77.6 cm³/mol. The molecular formula is C16H17F3N2O3. The van der Waals surface area contributed by atoms with Gasteiger partial charge >= 0.3 is 6.18 Å². The number of hydrogen-bond acceptors (Lipinski definition) is 3.